The third-order valence-corrected chi connectivity index (χ3v) is 3.10. The fourth-order valence-corrected chi connectivity index (χ4v) is 1.96. The lowest BCUT2D eigenvalue weighted by Crippen LogP contribution is -2.21. The Morgan fingerprint density at radius 1 is 1.22 bits per heavy atom. The number of benzene rings is 2. The number of ether oxygens (including phenoxy) is 2. The maximum atomic E-state index is 13.5. The maximum absolute atomic E-state index is 13.5. The summed E-state index contributed by atoms with van der Waals surface area (Å²) in [7, 11) is 1.42. The van der Waals surface area contributed by atoms with E-state index in [2.05, 4.69) is 5.32 Å². The van der Waals surface area contributed by atoms with Crippen molar-refractivity contribution in [1.82, 2.24) is 0 Å². The van der Waals surface area contributed by atoms with E-state index in [1.54, 1.807) is 18.2 Å². The molecule has 0 spiro atoms. The highest BCUT2D eigenvalue weighted by Crippen LogP contribution is 2.20. The Bertz CT molecular complexity index is 736. The normalized spacial score (nSPS) is 10.0. The van der Waals surface area contributed by atoms with E-state index in [1.807, 2.05) is 0 Å². The fourth-order valence-electron chi connectivity index (χ4n) is 1.80. The molecule has 1 N–H and O–H groups in total. The van der Waals surface area contributed by atoms with Crippen LogP contribution in [0.15, 0.2) is 42.5 Å². The van der Waals surface area contributed by atoms with Gasteiger partial charge in [0, 0.05) is 5.02 Å². The third kappa shape index (κ3) is 4.43. The standard InChI is InChI=1S/C16H13ClFNO4/c1-22-14-5-3-2-4-11(14)16(21)23-9-15(20)19-13-7-6-10(17)8-12(13)18/h2-8H,9H2,1H3,(H,19,20). The minimum absolute atomic E-state index is 0.0484. The lowest BCUT2D eigenvalue weighted by atomic mass is 10.2. The molecule has 7 heteroatoms. The summed E-state index contributed by atoms with van der Waals surface area (Å²) in [5, 5.41) is 2.50. The molecule has 120 valence electrons. The van der Waals surface area contributed by atoms with Gasteiger partial charge in [0.15, 0.2) is 6.61 Å². The molecule has 0 radical (unpaired) electrons. The first-order valence-corrected chi connectivity index (χ1v) is 6.94. The zero-order chi connectivity index (χ0) is 16.8. The molecule has 0 aliphatic carbocycles. The second-order valence-corrected chi connectivity index (χ2v) is 4.89. The lowest BCUT2D eigenvalue weighted by molar-refractivity contribution is -0.119. The number of para-hydroxylation sites is 1. The Balaban J connectivity index is 1.95. The molecule has 0 saturated heterocycles. The van der Waals surface area contributed by atoms with Gasteiger partial charge in [0.2, 0.25) is 0 Å². The number of carbonyl (C=O) groups is 2. The van der Waals surface area contributed by atoms with E-state index in [0.717, 1.165) is 6.07 Å². The van der Waals surface area contributed by atoms with Crippen LogP contribution in [0.4, 0.5) is 10.1 Å². The van der Waals surface area contributed by atoms with Crippen LogP contribution in [-0.2, 0) is 9.53 Å². The highest BCUT2D eigenvalue weighted by Gasteiger charge is 2.15. The molecule has 0 saturated carbocycles. The summed E-state index contributed by atoms with van der Waals surface area (Å²) in [4.78, 5) is 23.6. The third-order valence-electron chi connectivity index (χ3n) is 2.87. The number of esters is 1. The molecule has 0 bridgehead atoms. The Morgan fingerprint density at radius 3 is 2.65 bits per heavy atom. The predicted octanol–water partition coefficient (Wildman–Crippen LogP) is 3.28. The zero-order valence-electron chi connectivity index (χ0n) is 12.1. The van der Waals surface area contributed by atoms with Crippen molar-refractivity contribution in [2.24, 2.45) is 0 Å². The van der Waals surface area contributed by atoms with Crippen LogP contribution < -0.4 is 10.1 Å². The smallest absolute Gasteiger partial charge is 0.342 e. The number of halogens is 2. The van der Waals surface area contributed by atoms with Crippen LogP contribution >= 0.6 is 11.6 Å². The number of carbonyl (C=O) groups excluding carboxylic acids is 2. The molecular weight excluding hydrogens is 325 g/mol. The van der Waals surface area contributed by atoms with Crippen molar-refractivity contribution in [3.63, 3.8) is 0 Å². The van der Waals surface area contributed by atoms with Gasteiger partial charge >= 0.3 is 5.97 Å². The summed E-state index contributed by atoms with van der Waals surface area (Å²) in [5.41, 5.74) is 0.146. The molecule has 0 aliphatic rings. The van der Waals surface area contributed by atoms with Gasteiger partial charge < -0.3 is 14.8 Å². The van der Waals surface area contributed by atoms with Gasteiger partial charge in [-0.15, -0.1) is 0 Å². The first kappa shape index (κ1) is 16.8. The van der Waals surface area contributed by atoms with Gasteiger partial charge in [-0.2, -0.15) is 0 Å². The minimum Gasteiger partial charge on any atom is -0.496 e. The van der Waals surface area contributed by atoms with Crippen molar-refractivity contribution < 1.29 is 23.5 Å². The summed E-state index contributed by atoms with van der Waals surface area (Å²) in [6.07, 6.45) is 0. The van der Waals surface area contributed by atoms with Crippen LogP contribution in [0.5, 0.6) is 5.75 Å². The quantitative estimate of drug-likeness (QED) is 0.850. The Labute approximate surface area is 137 Å². The van der Waals surface area contributed by atoms with E-state index in [-0.39, 0.29) is 16.3 Å². The Kier molecular flexibility index (Phi) is 5.54. The van der Waals surface area contributed by atoms with Gasteiger partial charge in [-0.3, -0.25) is 4.79 Å². The van der Waals surface area contributed by atoms with Crippen LogP contribution in [0.2, 0.25) is 5.02 Å². The van der Waals surface area contributed by atoms with Crippen LogP contribution in [0.25, 0.3) is 0 Å². The van der Waals surface area contributed by atoms with E-state index in [4.69, 9.17) is 21.1 Å². The summed E-state index contributed by atoms with van der Waals surface area (Å²) < 4.78 is 23.5. The average molecular weight is 338 g/mol. The van der Waals surface area contributed by atoms with Gasteiger partial charge in [-0.1, -0.05) is 23.7 Å². The van der Waals surface area contributed by atoms with Gasteiger partial charge in [0.25, 0.3) is 5.91 Å². The average Bonchev–Trinajstić information content (AvgIpc) is 2.55. The number of rotatable bonds is 5. The lowest BCUT2D eigenvalue weighted by Gasteiger charge is -2.09. The molecule has 0 heterocycles. The molecule has 0 aliphatic heterocycles. The summed E-state index contributed by atoms with van der Waals surface area (Å²) in [6.45, 7) is -0.557. The van der Waals surface area contributed by atoms with Crippen LogP contribution in [-0.4, -0.2) is 25.6 Å². The number of methoxy groups -OCH3 is 1. The van der Waals surface area contributed by atoms with Gasteiger partial charge in [-0.05, 0) is 30.3 Å². The van der Waals surface area contributed by atoms with E-state index in [9.17, 15) is 14.0 Å². The van der Waals surface area contributed by atoms with Crippen molar-refractivity contribution in [2.75, 3.05) is 19.0 Å². The van der Waals surface area contributed by atoms with Crippen molar-refractivity contribution >= 4 is 29.2 Å². The number of anilines is 1. The molecule has 1 amide bonds. The first-order chi connectivity index (χ1) is 11.0. The number of hydrogen-bond donors (Lipinski definition) is 1. The maximum Gasteiger partial charge on any atom is 0.342 e. The van der Waals surface area contributed by atoms with Crippen LogP contribution in [0.3, 0.4) is 0 Å². The Morgan fingerprint density at radius 2 is 1.96 bits per heavy atom. The topological polar surface area (TPSA) is 64.6 Å². The second-order valence-electron chi connectivity index (χ2n) is 4.45. The largest absolute Gasteiger partial charge is 0.496 e. The highest BCUT2D eigenvalue weighted by molar-refractivity contribution is 6.30. The molecule has 5 nitrogen and oxygen atoms in total. The SMILES string of the molecule is COc1ccccc1C(=O)OCC(=O)Nc1ccc(Cl)cc1F. The number of amides is 1. The van der Waals surface area contributed by atoms with Crippen molar-refractivity contribution in [3.8, 4) is 5.75 Å². The number of nitrogens with one attached hydrogen (secondary N) is 1. The van der Waals surface area contributed by atoms with Gasteiger partial charge in [0.05, 0.1) is 12.8 Å². The number of hydrogen-bond acceptors (Lipinski definition) is 4. The summed E-state index contributed by atoms with van der Waals surface area (Å²) in [5.74, 6) is -1.73. The van der Waals surface area contributed by atoms with Crippen molar-refractivity contribution in [1.29, 1.82) is 0 Å². The molecule has 23 heavy (non-hydrogen) atoms. The van der Waals surface area contributed by atoms with E-state index in [1.165, 1.54) is 25.3 Å². The fraction of sp³-hybridized carbons (Fsp3) is 0.125. The summed E-state index contributed by atoms with van der Waals surface area (Å²) >= 11 is 5.62. The molecule has 2 aromatic carbocycles. The molecule has 0 fully saturated rings. The van der Waals surface area contributed by atoms with E-state index < -0.39 is 24.3 Å². The van der Waals surface area contributed by atoms with E-state index in [0.29, 0.717) is 5.75 Å². The van der Waals surface area contributed by atoms with Gasteiger partial charge in [-0.25, -0.2) is 9.18 Å². The van der Waals surface area contributed by atoms with Crippen molar-refractivity contribution in [2.45, 2.75) is 0 Å². The van der Waals surface area contributed by atoms with Crippen LogP contribution in [0, 0.1) is 5.82 Å². The van der Waals surface area contributed by atoms with Crippen molar-refractivity contribution in [3.05, 3.63) is 58.9 Å². The molecule has 0 atom stereocenters. The second kappa shape index (κ2) is 7.60. The zero-order valence-corrected chi connectivity index (χ0v) is 12.9. The molecule has 0 unspecified atom stereocenters. The monoisotopic (exact) mass is 337 g/mol. The molecule has 2 aromatic rings. The van der Waals surface area contributed by atoms with Crippen LogP contribution in [0.1, 0.15) is 10.4 Å². The molecule has 0 aromatic heterocycles. The summed E-state index contributed by atoms with van der Waals surface area (Å²) in [6, 6.07) is 10.3. The first-order valence-electron chi connectivity index (χ1n) is 6.56. The minimum atomic E-state index is -0.714. The predicted molar refractivity (Wildman–Crippen MR) is 83.3 cm³/mol. The molecular formula is C16H13ClFNO4. The Hall–Kier alpha value is -2.60. The van der Waals surface area contributed by atoms with Gasteiger partial charge in [0.1, 0.15) is 17.1 Å². The molecule has 2 rings (SSSR count). The van der Waals surface area contributed by atoms with E-state index >= 15 is 0 Å². The highest BCUT2D eigenvalue weighted by atomic mass is 35.5.